The third-order valence-electron chi connectivity index (χ3n) is 8.00. The summed E-state index contributed by atoms with van der Waals surface area (Å²) in [6.45, 7) is 4.82. The Morgan fingerprint density at radius 2 is 1.65 bits per heavy atom. The maximum absolute atomic E-state index is 13.5. The molecule has 1 N–H and O–H groups in total. The molecule has 6 rings (SSSR count). The first-order valence-electron chi connectivity index (χ1n) is 11.9. The van der Waals surface area contributed by atoms with Crippen molar-refractivity contribution < 1.29 is 4.79 Å². The number of aryl methyl sites for hydroxylation is 2. The first-order chi connectivity index (χ1) is 15.1. The van der Waals surface area contributed by atoms with E-state index >= 15 is 0 Å². The summed E-state index contributed by atoms with van der Waals surface area (Å²) in [6, 6.07) is 6.52. The fraction of sp³-hybridized carbons (Fsp3) is 0.640. The monoisotopic (exact) mass is 438 g/mol. The first-order valence-corrected chi connectivity index (χ1v) is 13.2. The van der Waals surface area contributed by atoms with Crippen molar-refractivity contribution in [3.05, 3.63) is 35.2 Å². The van der Waals surface area contributed by atoms with Crippen molar-refractivity contribution in [2.75, 3.05) is 6.26 Å². The van der Waals surface area contributed by atoms with Crippen LogP contribution >= 0.6 is 11.8 Å². The van der Waals surface area contributed by atoms with Gasteiger partial charge in [-0.2, -0.15) is 0 Å². The minimum atomic E-state index is -0.127. The number of benzene rings is 1. The van der Waals surface area contributed by atoms with Crippen molar-refractivity contribution in [1.29, 1.82) is 0 Å². The van der Waals surface area contributed by atoms with Gasteiger partial charge < -0.3 is 5.32 Å². The van der Waals surface area contributed by atoms with Gasteiger partial charge >= 0.3 is 0 Å². The van der Waals surface area contributed by atoms with E-state index in [9.17, 15) is 4.79 Å². The molecule has 4 fully saturated rings. The van der Waals surface area contributed by atoms with Gasteiger partial charge in [0.05, 0.1) is 12.2 Å². The fourth-order valence-corrected chi connectivity index (χ4v) is 7.51. The summed E-state index contributed by atoms with van der Waals surface area (Å²) in [5, 5.41) is 13.2. The summed E-state index contributed by atoms with van der Waals surface area (Å²) in [5.74, 6) is 3.40. The van der Waals surface area contributed by atoms with E-state index in [1.165, 1.54) is 36.1 Å². The van der Waals surface area contributed by atoms with Gasteiger partial charge in [0.15, 0.2) is 11.0 Å². The molecule has 1 aromatic heterocycles. The molecular formula is C25H34N4OS. The van der Waals surface area contributed by atoms with Crippen LogP contribution in [0.3, 0.4) is 0 Å². The highest BCUT2D eigenvalue weighted by atomic mass is 32.2. The average molecular weight is 439 g/mol. The Kier molecular flexibility index (Phi) is 5.61. The second kappa shape index (κ2) is 8.27. The summed E-state index contributed by atoms with van der Waals surface area (Å²) in [4.78, 5) is 13.5. The largest absolute Gasteiger partial charge is 0.348 e. The molecule has 0 saturated heterocycles. The number of carbonyl (C=O) groups excluding carboxylic acids is 1. The van der Waals surface area contributed by atoms with E-state index < -0.39 is 0 Å². The van der Waals surface area contributed by atoms with Crippen LogP contribution in [0.25, 0.3) is 5.69 Å². The van der Waals surface area contributed by atoms with Crippen LogP contribution < -0.4 is 5.32 Å². The minimum Gasteiger partial charge on any atom is -0.348 e. The summed E-state index contributed by atoms with van der Waals surface area (Å²) < 4.78 is 2.18. The molecule has 0 unspecified atom stereocenters. The lowest BCUT2D eigenvalue weighted by Crippen LogP contribution is -2.53. The van der Waals surface area contributed by atoms with Crippen LogP contribution in [0.5, 0.6) is 0 Å². The number of amides is 1. The third kappa shape index (κ3) is 3.61. The Morgan fingerprint density at radius 1 is 1.06 bits per heavy atom. The van der Waals surface area contributed by atoms with Gasteiger partial charge in [-0.1, -0.05) is 43.8 Å². The van der Waals surface area contributed by atoms with Crippen molar-refractivity contribution in [2.45, 2.75) is 76.9 Å². The number of aromatic nitrogens is 3. The topological polar surface area (TPSA) is 59.8 Å². The zero-order chi connectivity index (χ0) is 21.6. The van der Waals surface area contributed by atoms with E-state index in [4.69, 9.17) is 0 Å². The minimum absolute atomic E-state index is 0.127. The van der Waals surface area contributed by atoms with E-state index in [0.29, 0.717) is 6.54 Å². The maximum Gasteiger partial charge on any atom is 0.226 e. The molecule has 4 bridgehead atoms. The van der Waals surface area contributed by atoms with Gasteiger partial charge in [-0.05, 0) is 86.5 Å². The van der Waals surface area contributed by atoms with Crippen LogP contribution in [-0.4, -0.2) is 26.9 Å². The fourth-order valence-electron chi connectivity index (χ4n) is 7.01. The van der Waals surface area contributed by atoms with E-state index in [2.05, 4.69) is 52.1 Å². The number of nitrogens with zero attached hydrogens (tertiary/aromatic N) is 3. The third-order valence-corrected chi connectivity index (χ3v) is 8.63. The zero-order valence-corrected chi connectivity index (χ0v) is 19.8. The van der Waals surface area contributed by atoms with Gasteiger partial charge in [-0.3, -0.25) is 9.36 Å². The van der Waals surface area contributed by atoms with Crippen molar-refractivity contribution in [2.24, 2.45) is 23.2 Å². The number of rotatable bonds is 7. The van der Waals surface area contributed by atoms with Crippen molar-refractivity contribution >= 4 is 17.7 Å². The second-order valence-corrected chi connectivity index (χ2v) is 10.7. The molecule has 166 valence electrons. The standard InChI is InChI=1S/C25H34N4OS/c1-4-19-7-6-8-20(5-2)22(19)29-21(27-28-24(29)31-3)15-26-23(30)25-12-16-9-17(13-25)11-18(10-16)14-25/h6-8,16-18H,4-5,9-15H2,1-3H3,(H,26,30). The molecule has 1 heterocycles. The van der Waals surface area contributed by atoms with Crippen molar-refractivity contribution in [3.8, 4) is 5.69 Å². The average Bonchev–Trinajstić information content (AvgIpc) is 3.18. The van der Waals surface area contributed by atoms with Crippen LogP contribution in [0.1, 0.15) is 69.3 Å². The number of para-hydroxylation sites is 1. The molecule has 0 spiro atoms. The molecule has 4 aliphatic carbocycles. The molecule has 5 nitrogen and oxygen atoms in total. The summed E-state index contributed by atoms with van der Waals surface area (Å²) >= 11 is 1.61. The van der Waals surface area contributed by atoms with E-state index in [-0.39, 0.29) is 11.3 Å². The SMILES string of the molecule is CCc1cccc(CC)c1-n1c(CNC(=O)C23CC4CC(CC(C4)C2)C3)nnc1SC. The Balaban J connectivity index is 1.42. The van der Waals surface area contributed by atoms with Gasteiger partial charge in [0.1, 0.15) is 0 Å². The van der Waals surface area contributed by atoms with Gasteiger partial charge in [-0.15, -0.1) is 10.2 Å². The smallest absolute Gasteiger partial charge is 0.226 e. The molecule has 0 radical (unpaired) electrons. The maximum atomic E-state index is 13.5. The second-order valence-electron chi connectivity index (χ2n) is 9.95. The first kappa shape index (κ1) is 21.0. The number of carbonyl (C=O) groups is 1. The van der Waals surface area contributed by atoms with Crippen LogP contribution in [0.15, 0.2) is 23.4 Å². The molecule has 2 aromatic rings. The predicted octanol–water partition coefficient (Wildman–Crippen LogP) is 4.95. The molecule has 1 aromatic carbocycles. The summed E-state index contributed by atoms with van der Waals surface area (Å²) in [7, 11) is 0. The predicted molar refractivity (Wildman–Crippen MR) is 124 cm³/mol. The lowest BCUT2D eigenvalue weighted by molar-refractivity contribution is -0.146. The lowest BCUT2D eigenvalue weighted by Gasteiger charge is -2.55. The quantitative estimate of drug-likeness (QED) is 0.622. The van der Waals surface area contributed by atoms with Gasteiger partial charge in [-0.25, -0.2) is 0 Å². The molecule has 1 amide bonds. The van der Waals surface area contributed by atoms with Gasteiger partial charge in [0, 0.05) is 5.41 Å². The Morgan fingerprint density at radius 3 is 2.16 bits per heavy atom. The Bertz CT molecular complexity index is 924. The molecule has 4 aliphatic rings. The van der Waals surface area contributed by atoms with Crippen molar-refractivity contribution in [1.82, 2.24) is 20.1 Å². The zero-order valence-electron chi connectivity index (χ0n) is 19.0. The van der Waals surface area contributed by atoms with E-state index in [0.717, 1.165) is 60.8 Å². The highest BCUT2D eigenvalue weighted by molar-refractivity contribution is 7.98. The molecule has 0 atom stereocenters. The number of hydrogen-bond donors (Lipinski definition) is 1. The summed E-state index contributed by atoms with van der Waals surface area (Å²) in [5.41, 5.74) is 3.66. The van der Waals surface area contributed by atoms with E-state index in [1.807, 2.05) is 6.26 Å². The van der Waals surface area contributed by atoms with Gasteiger partial charge in [0.2, 0.25) is 5.91 Å². The Labute approximate surface area is 189 Å². The van der Waals surface area contributed by atoms with Crippen LogP contribution in [0, 0.1) is 23.2 Å². The van der Waals surface area contributed by atoms with Crippen LogP contribution in [-0.2, 0) is 24.2 Å². The van der Waals surface area contributed by atoms with Crippen LogP contribution in [0.4, 0.5) is 0 Å². The molecule has 6 heteroatoms. The van der Waals surface area contributed by atoms with Crippen molar-refractivity contribution in [3.63, 3.8) is 0 Å². The molecular weight excluding hydrogens is 404 g/mol. The molecule has 0 aliphatic heterocycles. The van der Waals surface area contributed by atoms with Gasteiger partial charge in [0.25, 0.3) is 0 Å². The highest BCUT2D eigenvalue weighted by Gasteiger charge is 2.54. The lowest BCUT2D eigenvalue weighted by atomic mass is 9.49. The highest BCUT2D eigenvalue weighted by Crippen LogP contribution is 2.60. The van der Waals surface area contributed by atoms with Crippen LogP contribution in [0.2, 0.25) is 0 Å². The molecule has 31 heavy (non-hydrogen) atoms. The number of nitrogens with one attached hydrogen (secondary N) is 1. The Hall–Kier alpha value is -1.82. The normalized spacial score (nSPS) is 28.8. The summed E-state index contributed by atoms with van der Waals surface area (Å²) in [6.07, 6.45) is 11.3. The number of hydrogen-bond acceptors (Lipinski definition) is 4. The van der Waals surface area contributed by atoms with E-state index in [1.54, 1.807) is 11.8 Å². The molecule has 4 saturated carbocycles. The number of thioether (sulfide) groups is 1.